The van der Waals surface area contributed by atoms with Crippen molar-refractivity contribution in [2.45, 2.75) is 38.3 Å². The summed E-state index contributed by atoms with van der Waals surface area (Å²) in [6.45, 7) is 10.5. The molecule has 1 aromatic carbocycles. The maximum Gasteiger partial charge on any atom is 0.245 e. The molecule has 3 fully saturated rings. The molecule has 38 heavy (non-hydrogen) atoms. The number of aromatic nitrogens is 2. The monoisotopic (exact) mass is 538 g/mol. The number of piperidine rings is 1. The molecule has 0 spiro atoms. The van der Waals surface area contributed by atoms with E-state index in [0.717, 1.165) is 67.4 Å². The Bertz CT molecular complexity index is 1350. The van der Waals surface area contributed by atoms with Crippen LogP contribution < -0.4 is 15.0 Å². The number of carbonyl (C=O) groups is 1. The van der Waals surface area contributed by atoms with Crippen molar-refractivity contribution in [3.05, 3.63) is 47.8 Å². The largest absolute Gasteiger partial charge is 0.486 e. The van der Waals surface area contributed by atoms with E-state index < -0.39 is 9.84 Å². The Morgan fingerprint density at radius 1 is 1.13 bits per heavy atom. The fourth-order valence-corrected chi connectivity index (χ4v) is 7.24. The fourth-order valence-electron chi connectivity index (χ4n) is 6.04. The van der Waals surface area contributed by atoms with Crippen LogP contribution in [0, 0.1) is 6.92 Å². The second-order valence-corrected chi connectivity index (χ2v) is 13.0. The standard InChI is InChI=1S/C27H34N6O4S/c1-3-24(34)31-6-4-21(5-7-31)33-14-20(15-33)19-12-18(2)25-23(13-19)30-26-22(16-37-25)27(29-17-28-26)32-8-10-38(35,36)11-9-32/h3,12-13,17,20-21H,1,4-11,14-16H2,2H3,(H,28,29,30). The van der Waals surface area contributed by atoms with Crippen LogP contribution in [0.1, 0.15) is 35.4 Å². The highest BCUT2D eigenvalue weighted by Crippen LogP contribution is 2.42. The van der Waals surface area contributed by atoms with Crippen LogP contribution in [0.4, 0.5) is 17.3 Å². The predicted molar refractivity (Wildman–Crippen MR) is 146 cm³/mol. The summed E-state index contributed by atoms with van der Waals surface area (Å²) in [6, 6.07) is 4.93. The summed E-state index contributed by atoms with van der Waals surface area (Å²) in [5, 5.41) is 3.50. The highest BCUT2D eigenvalue weighted by molar-refractivity contribution is 7.91. The first-order valence-electron chi connectivity index (χ1n) is 13.3. The van der Waals surface area contributed by atoms with E-state index in [-0.39, 0.29) is 17.4 Å². The van der Waals surface area contributed by atoms with E-state index >= 15 is 0 Å². The summed E-state index contributed by atoms with van der Waals surface area (Å²) < 4.78 is 30.1. The van der Waals surface area contributed by atoms with E-state index in [1.807, 2.05) is 9.80 Å². The molecule has 0 aliphatic carbocycles. The van der Waals surface area contributed by atoms with Gasteiger partial charge in [0.2, 0.25) is 5.91 Å². The van der Waals surface area contributed by atoms with Crippen molar-refractivity contribution in [1.29, 1.82) is 0 Å². The molecule has 5 heterocycles. The highest BCUT2D eigenvalue weighted by Gasteiger charge is 2.36. The normalized spacial score (nSPS) is 21.8. The van der Waals surface area contributed by atoms with Gasteiger partial charge in [-0.1, -0.05) is 12.6 Å². The SMILES string of the molecule is C=CC(=O)N1CCC(N2CC(c3cc(C)c4c(c3)Nc3ncnc(N5CCS(=O)(=O)CC5)c3CO4)C2)CC1. The first kappa shape index (κ1) is 25.1. The van der Waals surface area contributed by atoms with E-state index in [1.165, 1.54) is 18.0 Å². The molecule has 0 saturated carbocycles. The van der Waals surface area contributed by atoms with Crippen LogP contribution in [0.15, 0.2) is 31.1 Å². The zero-order valence-electron chi connectivity index (χ0n) is 21.7. The summed E-state index contributed by atoms with van der Waals surface area (Å²) >= 11 is 0. The Balaban J connectivity index is 1.15. The Labute approximate surface area is 223 Å². The van der Waals surface area contributed by atoms with Crippen molar-refractivity contribution in [3.8, 4) is 5.75 Å². The Morgan fingerprint density at radius 3 is 2.58 bits per heavy atom. The molecule has 1 amide bonds. The number of nitrogens with one attached hydrogen (secondary N) is 1. The van der Waals surface area contributed by atoms with Gasteiger partial charge in [0.05, 0.1) is 22.8 Å². The van der Waals surface area contributed by atoms with Gasteiger partial charge in [-0.15, -0.1) is 0 Å². The molecule has 0 bridgehead atoms. The van der Waals surface area contributed by atoms with Gasteiger partial charge < -0.3 is 19.9 Å². The van der Waals surface area contributed by atoms with Crippen molar-refractivity contribution in [2.24, 2.45) is 0 Å². The van der Waals surface area contributed by atoms with Crippen molar-refractivity contribution in [2.75, 3.05) is 61.0 Å². The van der Waals surface area contributed by atoms with Gasteiger partial charge >= 0.3 is 0 Å². The molecule has 0 atom stereocenters. The average molecular weight is 539 g/mol. The number of aryl methyl sites for hydroxylation is 1. The highest BCUT2D eigenvalue weighted by atomic mass is 32.2. The maximum atomic E-state index is 11.9. The lowest BCUT2D eigenvalue weighted by Gasteiger charge is -2.47. The lowest BCUT2D eigenvalue weighted by Crippen LogP contribution is -2.54. The number of sulfone groups is 1. The van der Waals surface area contributed by atoms with Gasteiger partial charge in [-0.3, -0.25) is 9.69 Å². The number of ether oxygens (including phenoxy) is 1. The smallest absolute Gasteiger partial charge is 0.245 e. The molecule has 3 saturated heterocycles. The molecule has 4 aliphatic heterocycles. The minimum absolute atomic E-state index is 0.0305. The number of benzene rings is 1. The molecule has 0 radical (unpaired) electrons. The molecule has 202 valence electrons. The van der Waals surface area contributed by atoms with Gasteiger partial charge in [0, 0.05) is 51.2 Å². The van der Waals surface area contributed by atoms with Crippen LogP contribution in [0.2, 0.25) is 0 Å². The number of nitrogens with zero attached hydrogens (tertiary/aromatic N) is 5. The number of hydrogen-bond acceptors (Lipinski definition) is 9. The zero-order valence-corrected chi connectivity index (χ0v) is 22.5. The average Bonchev–Trinajstić information content (AvgIpc) is 3.07. The van der Waals surface area contributed by atoms with Gasteiger partial charge in [-0.2, -0.15) is 0 Å². The van der Waals surface area contributed by atoms with Crippen LogP contribution in [-0.2, 0) is 21.2 Å². The topological polar surface area (TPSA) is 108 Å². The lowest BCUT2D eigenvalue weighted by atomic mass is 9.87. The van der Waals surface area contributed by atoms with E-state index in [1.54, 1.807) is 0 Å². The summed E-state index contributed by atoms with van der Waals surface area (Å²) in [7, 11) is -2.98. The first-order chi connectivity index (χ1) is 18.3. The molecule has 1 aromatic heterocycles. The van der Waals surface area contributed by atoms with Crippen LogP contribution in [-0.4, -0.2) is 90.9 Å². The second-order valence-electron chi connectivity index (χ2n) is 10.7. The molecule has 4 aliphatic rings. The van der Waals surface area contributed by atoms with Gasteiger partial charge in [0.25, 0.3) is 0 Å². The molecular formula is C27H34N6O4S. The van der Waals surface area contributed by atoms with E-state index in [2.05, 4.69) is 45.8 Å². The van der Waals surface area contributed by atoms with Crippen molar-refractivity contribution >= 4 is 33.1 Å². The zero-order chi connectivity index (χ0) is 26.4. The molecule has 6 rings (SSSR count). The fraction of sp³-hybridized carbons (Fsp3) is 0.519. The molecular weight excluding hydrogens is 504 g/mol. The van der Waals surface area contributed by atoms with E-state index in [4.69, 9.17) is 4.74 Å². The van der Waals surface area contributed by atoms with Gasteiger partial charge in [-0.25, -0.2) is 18.4 Å². The molecule has 11 heteroatoms. The van der Waals surface area contributed by atoms with Crippen molar-refractivity contribution in [3.63, 3.8) is 0 Å². The third kappa shape index (κ3) is 4.73. The predicted octanol–water partition coefficient (Wildman–Crippen LogP) is 2.23. The van der Waals surface area contributed by atoms with E-state index in [9.17, 15) is 13.2 Å². The number of amides is 1. The van der Waals surface area contributed by atoms with E-state index in [0.29, 0.717) is 37.5 Å². The number of likely N-dealkylation sites (tertiary alicyclic amines) is 2. The summed E-state index contributed by atoms with van der Waals surface area (Å²) in [4.78, 5) is 27.3. The van der Waals surface area contributed by atoms with Gasteiger partial charge in [0.1, 0.15) is 30.3 Å². The molecule has 10 nitrogen and oxygen atoms in total. The molecule has 2 aromatic rings. The summed E-state index contributed by atoms with van der Waals surface area (Å²) in [5.74, 6) is 3.00. The van der Waals surface area contributed by atoms with Crippen molar-refractivity contribution < 1.29 is 17.9 Å². The lowest BCUT2D eigenvalue weighted by molar-refractivity contribution is -0.127. The molecule has 1 N–H and O–H groups in total. The molecule has 0 unspecified atom stereocenters. The Hall–Kier alpha value is -3.18. The third-order valence-electron chi connectivity index (χ3n) is 8.33. The minimum Gasteiger partial charge on any atom is -0.486 e. The summed E-state index contributed by atoms with van der Waals surface area (Å²) in [5.41, 5.74) is 4.11. The number of rotatable bonds is 4. The van der Waals surface area contributed by atoms with Crippen LogP contribution in [0.5, 0.6) is 5.75 Å². The Morgan fingerprint density at radius 2 is 1.87 bits per heavy atom. The number of fused-ring (bicyclic) bond motifs is 2. The van der Waals surface area contributed by atoms with Crippen LogP contribution >= 0.6 is 0 Å². The van der Waals surface area contributed by atoms with Crippen LogP contribution in [0.3, 0.4) is 0 Å². The first-order valence-corrected chi connectivity index (χ1v) is 15.1. The minimum atomic E-state index is -2.98. The van der Waals surface area contributed by atoms with Crippen molar-refractivity contribution in [1.82, 2.24) is 19.8 Å². The number of anilines is 3. The number of carbonyl (C=O) groups excluding carboxylic acids is 1. The Kier molecular flexibility index (Phi) is 6.51. The van der Waals surface area contributed by atoms with Crippen LogP contribution in [0.25, 0.3) is 0 Å². The quantitative estimate of drug-likeness (QED) is 0.587. The third-order valence-corrected chi connectivity index (χ3v) is 9.93. The van der Waals surface area contributed by atoms with Gasteiger partial charge in [0.15, 0.2) is 9.84 Å². The maximum absolute atomic E-state index is 11.9. The second kappa shape index (κ2) is 9.85. The number of hydrogen-bond donors (Lipinski definition) is 1. The van der Waals surface area contributed by atoms with Gasteiger partial charge in [-0.05, 0) is 43.0 Å². The summed E-state index contributed by atoms with van der Waals surface area (Å²) in [6.07, 6.45) is 4.95.